The van der Waals surface area contributed by atoms with E-state index >= 15 is 0 Å². The summed E-state index contributed by atoms with van der Waals surface area (Å²) in [5.74, 6) is 0. The summed E-state index contributed by atoms with van der Waals surface area (Å²) >= 11 is 3.91. The van der Waals surface area contributed by atoms with Gasteiger partial charge in [0.05, 0.1) is 9.90 Å². The van der Waals surface area contributed by atoms with E-state index in [1.54, 1.807) is 0 Å². The fourth-order valence-corrected chi connectivity index (χ4v) is 5.52. The minimum Gasteiger partial charge on any atom is -0.310 e. The molecule has 3 nitrogen and oxygen atoms in total. The maximum Gasteiger partial charge on any atom is 0.0649 e. The molecule has 2 aromatic rings. The molecule has 0 bridgehead atoms. The molecule has 21 heavy (non-hydrogen) atoms. The van der Waals surface area contributed by atoms with Gasteiger partial charge < -0.3 is 5.32 Å². The Morgan fingerprint density at radius 2 is 2.29 bits per heavy atom. The predicted octanol–water partition coefficient (Wildman–Crippen LogP) is 4.17. The first-order chi connectivity index (χ1) is 10.1. The molecule has 0 radical (unpaired) electrons. The largest absolute Gasteiger partial charge is 0.310 e. The smallest absolute Gasteiger partial charge is 0.0649 e. The van der Waals surface area contributed by atoms with E-state index in [-0.39, 0.29) is 0 Å². The molecule has 3 rings (SSSR count). The van der Waals surface area contributed by atoms with Gasteiger partial charge in [0.25, 0.3) is 0 Å². The summed E-state index contributed by atoms with van der Waals surface area (Å²) in [6.07, 6.45) is 2.35. The van der Waals surface area contributed by atoms with Crippen molar-refractivity contribution < 1.29 is 0 Å². The first-order valence-corrected chi connectivity index (χ1v) is 9.38. The van der Waals surface area contributed by atoms with E-state index in [0.29, 0.717) is 11.3 Å². The molecular weight excluding hydrogens is 298 g/mol. The number of nitrogens with one attached hydrogen (secondary N) is 1. The summed E-state index contributed by atoms with van der Waals surface area (Å²) in [6.45, 7) is 8.57. The molecule has 1 aliphatic rings. The zero-order valence-corrected chi connectivity index (χ0v) is 14.6. The minimum atomic E-state index is 0.531. The summed E-state index contributed by atoms with van der Waals surface area (Å²) in [7, 11) is 0. The molecule has 2 atom stereocenters. The summed E-state index contributed by atoms with van der Waals surface area (Å²) in [4.78, 5) is 0. The third-order valence-electron chi connectivity index (χ3n) is 3.95. The SMILES string of the molecule is Cc1cc(C)n(CCCNC2C[C@H](C)Sc3sccc32)n1. The molecular formula is C16H23N3S2. The number of aromatic nitrogens is 2. The molecule has 0 aliphatic carbocycles. The molecule has 0 aromatic carbocycles. The number of fused-ring (bicyclic) bond motifs is 1. The highest BCUT2D eigenvalue weighted by Crippen LogP contribution is 2.43. The van der Waals surface area contributed by atoms with Gasteiger partial charge in [-0.05, 0) is 56.3 Å². The molecule has 3 heterocycles. The summed E-state index contributed by atoms with van der Waals surface area (Å²) in [5, 5.41) is 11.2. The van der Waals surface area contributed by atoms with Gasteiger partial charge in [-0.15, -0.1) is 23.1 Å². The van der Waals surface area contributed by atoms with Crippen molar-refractivity contribution in [3.63, 3.8) is 0 Å². The Bertz CT molecular complexity index is 602. The zero-order valence-electron chi connectivity index (χ0n) is 12.9. The second-order valence-electron chi connectivity index (χ2n) is 5.84. The average molecular weight is 322 g/mol. The van der Waals surface area contributed by atoms with Crippen LogP contribution in [0.4, 0.5) is 0 Å². The van der Waals surface area contributed by atoms with Crippen LogP contribution < -0.4 is 5.32 Å². The van der Waals surface area contributed by atoms with Crippen LogP contribution in [0, 0.1) is 13.8 Å². The Labute approximate surface area is 135 Å². The second-order valence-corrected chi connectivity index (χ2v) is 8.46. The first-order valence-electron chi connectivity index (χ1n) is 7.62. The van der Waals surface area contributed by atoms with Crippen LogP contribution in [0.3, 0.4) is 0 Å². The van der Waals surface area contributed by atoms with E-state index in [2.05, 4.69) is 53.4 Å². The number of aryl methyl sites for hydroxylation is 3. The van der Waals surface area contributed by atoms with E-state index in [1.807, 2.05) is 23.1 Å². The Morgan fingerprint density at radius 3 is 3.05 bits per heavy atom. The lowest BCUT2D eigenvalue weighted by Crippen LogP contribution is -2.27. The van der Waals surface area contributed by atoms with Crippen molar-refractivity contribution in [2.24, 2.45) is 0 Å². The van der Waals surface area contributed by atoms with Crippen molar-refractivity contribution in [1.82, 2.24) is 15.1 Å². The highest BCUT2D eigenvalue weighted by Gasteiger charge is 2.25. The molecule has 1 N–H and O–H groups in total. The quantitative estimate of drug-likeness (QED) is 0.838. The fraction of sp³-hybridized carbons (Fsp3) is 0.562. The van der Waals surface area contributed by atoms with Crippen LogP contribution in [0.25, 0.3) is 0 Å². The average Bonchev–Trinajstić information content (AvgIpc) is 3.01. The topological polar surface area (TPSA) is 29.9 Å². The van der Waals surface area contributed by atoms with Crippen LogP contribution >= 0.6 is 23.1 Å². The maximum atomic E-state index is 4.52. The molecule has 1 unspecified atom stereocenters. The molecule has 0 spiro atoms. The van der Waals surface area contributed by atoms with Gasteiger partial charge in [-0.2, -0.15) is 5.10 Å². The lowest BCUT2D eigenvalue weighted by atomic mass is 10.0. The normalized spacial score (nSPS) is 21.5. The van der Waals surface area contributed by atoms with Crippen molar-refractivity contribution in [2.75, 3.05) is 6.54 Å². The number of thioether (sulfide) groups is 1. The molecule has 0 amide bonds. The van der Waals surface area contributed by atoms with Gasteiger partial charge in [0.2, 0.25) is 0 Å². The number of thiophene rings is 1. The van der Waals surface area contributed by atoms with Crippen molar-refractivity contribution in [1.29, 1.82) is 0 Å². The molecule has 2 aromatic heterocycles. The Balaban J connectivity index is 1.51. The fourth-order valence-electron chi connectivity index (χ4n) is 2.95. The van der Waals surface area contributed by atoms with Crippen molar-refractivity contribution >= 4 is 23.1 Å². The third-order valence-corrected chi connectivity index (χ3v) is 6.29. The summed E-state index contributed by atoms with van der Waals surface area (Å²) in [6, 6.07) is 4.96. The molecule has 0 saturated heterocycles. The second kappa shape index (κ2) is 6.55. The number of hydrogen-bond donors (Lipinski definition) is 1. The maximum absolute atomic E-state index is 4.52. The van der Waals surface area contributed by atoms with Crippen molar-refractivity contribution in [3.8, 4) is 0 Å². The molecule has 0 fully saturated rings. The summed E-state index contributed by atoms with van der Waals surface area (Å²) < 4.78 is 3.62. The van der Waals surface area contributed by atoms with Gasteiger partial charge in [0, 0.05) is 23.5 Å². The zero-order chi connectivity index (χ0) is 14.8. The van der Waals surface area contributed by atoms with E-state index in [4.69, 9.17) is 0 Å². The summed E-state index contributed by atoms with van der Waals surface area (Å²) in [5.41, 5.74) is 3.88. The van der Waals surface area contributed by atoms with E-state index in [9.17, 15) is 0 Å². The number of nitrogens with zero attached hydrogens (tertiary/aromatic N) is 2. The van der Waals surface area contributed by atoms with Crippen LogP contribution in [0.15, 0.2) is 21.7 Å². The molecule has 0 saturated carbocycles. The Hall–Kier alpha value is -0.780. The van der Waals surface area contributed by atoms with Gasteiger partial charge in [-0.1, -0.05) is 6.92 Å². The molecule has 114 valence electrons. The van der Waals surface area contributed by atoms with Gasteiger partial charge in [-0.3, -0.25) is 4.68 Å². The van der Waals surface area contributed by atoms with Crippen LogP contribution in [0.1, 0.15) is 42.8 Å². The van der Waals surface area contributed by atoms with Gasteiger partial charge >= 0.3 is 0 Å². The third kappa shape index (κ3) is 3.52. The standard InChI is InChI=1S/C16H23N3S2/c1-11-9-12(2)19(18-11)7-4-6-17-15-10-13(3)21-16-14(15)5-8-20-16/h5,8-9,13,15,17H,4,6-7,10H2,1-3H3/t13-,15?/m0/s1. The highest BCUT2D eigenvalue weighted by molar-refractivity contribution is 8.01. The Morgan fingerprint density at radius 1 is 1.43 bits per heavy atom. The first kappa shape index (κ1) is 15.1. The van der Waals surface area contributed by atoms with Gasteiger partial charge in [0.15, 0.2) is 0 Å². The molecule has 1 aliphatic heterocycles. The van der Waals surface area contributed by atoms with Crippen LogP contribution in [0.5, 0.6) is 0 Å². The predicted molar refractivity (Wildman–Crippen MR) is 91.3 cm³/mol. The highest BCUT2D eigenvalue weighted by atomic mass is 32.2. The minimum absolute atomic E-state index is 0.531. The lowest BCUT2D eigenvalue weighted by molar-refractivity contribution is 0.458. The van der Waals surface area contributed by atoms with E-state index in [1.165, 1.54) is 21.9 Å². The number of rotatable bonds is 5. The number of hydrogen-bond acceptors (Lipinski definition) is 4. The lowest BCUT2D eigenvalue weighted by Gasteiger charge is -2.27. The Kier molecular flexibility index (Phi) is 4.72. The van der Waals surface area contributed by atoms with E-state index < -0.39 is 0 Å². The van der Waals surface area contributed by atoms with Crippen molar-refractivity contribution in [3.05, 3.63) is 34.5 Å². The monoisotopic (exact) mass is 321 g/mol. The van der Waals surface area contributed by atoms with Crippen LogP contribution in [-0.2, 0) is 6.54 Å². The van der Waals surface area contributed by atoms with Crippen LogP contribution in [0.2, 0.25) is 0 Å². The van der Waals surface area contributed by atoms with Gasteiger partial charge in [0.1, 0.15) is 0 Å². The van der Waals surface area contributed by atoms with Crippen molar-refractivity contribution in [2.45, 2.75) is 55.7 Å². The molecule has 5 heteroatoms. The van der Waals surface area contributed by atoms with Crippen LogP contribution in [-0.4, -0.2) is 21.6 Å². The van der Waals surface area contributed by atoms with E-state index in [0.717, 1.165) is 25.2 Å². The van der Waals surface area contributed by atoms with Gasteiger partial charge in [-0.25, -0.2) is 0 Å².